The van der Waals surface area contributed by atoms with Crippen LogP contribution in [0, 0.1) is 24.0 Å². The lowest BCUT2D eigenvalue weighted by molar-refractivity contribution is -0.385. The van der Waals surface area contributed by atoms with Crippen molar-refractivity contribution in [2.45, 2.75) is 13.8 Å². The molecule has 0 saturated heterocycles. The van der Waals surface area contributed by atoms with E-state index in [1.54, 1.807) is 13.0 Å². The molecule has 0 unspecified atom stereocenters. The molecule has 1 N–H and O–H groups in total. The Morgan fingerprint density at radius 3 is 2.64 bits per heavy atom. The maximum Gasteiger partial charge on any atom is 0.274 e. The maximum atomic E-state index is 10.7. The highest BCUT2D eigenvalue weighted by Crippen LogP contribution is 2.25. The van der Waals surface area contributed by atoms with Gasteiger partial charge in [-0.25, -0.2) is 0 Å². The molecule has 14 heavy (non-hydrogen) atoms. The van der Waals surface area contributed by atoms with E-state index < -0.39 is 0 Å². The first kappa shape index (κ1) is 8.74. The normalized spacial score (nSPS) is 10.7. The Bertz CT molecular complexity index is 514. The fourth-order valence-corrected chi connectivity index (χ4v) is 1.62. The third kappa shape index (κ3) is 1.25. The summed E-state index contributed by atoms with van der Waals surface area (Å²) in [6, 6.07) is 5.39. The Morgan fingerprint density at radius 1 is 1.29 bits per heavy atom. The van der Waals surface area contributed by atoms with Gasteiger partial charge in [-0.05, 0) is 26.0 Å². The number of aromatic nitrogens is 1. The number of benzene rings is 1. The number of nitro groups is 1. The number of nitro benzene ring substituents is 1. The zero-order chi connectivity index (χ0) is 10.3. The predicted octanol–water partition coefficient (Wildman–Crippen LogP) is 2.69. The summed E-state index contributed by atoms with van der Waals surface area (Å²) in [5.74, 6) is 0. The molecular formula is C10H10N2O2. The van der Waals surface area contributed by atoms with Gasteiger partial charge in [-0.2, -0.15) is 0 Å². The van der Waals surface area contributed by atoms with Gasteiger partial charge in [0.05, 0.1) is 10.4 Å². The van der Waals surface area contributed by atoms with Crippen LogP contribution in [0.3, 0.4) is 0 Å². The Labute approximate surface area is 80.7 Å². The Hall–Kier alpha value is -1.84. The second-order valence-electron chi connectivity index (χ2n) is 3.44. The van der Waals surface area contributed by atoms with Crippen LogP contribution in [0.1, 0.15) is 11.3 Å². The fourth-order valence-electron chi connectivity index (χ4n) is 1.62. The van der Waals surface area contributed by atoms with Crippen LogP contribution >= 0.6 is 0 Å². The van der Waals surface area contributed by atoms with Crippen LogP contribution in [0.2, 0.25) is 0 Å². The first-order valence-corrected chi connectivity index (χ1v) is 4.32. The Balaban J connectivity index is 2.76. The van der Waals surface area contributed by atoms with Gasteiger partial charge in [0.15, 0.2) is 0 Å². The SMILES string of the molecule is Cc1cc2cc(C)c([N+](=O)[O-])cc2[nH]1. The highest BCUT2D eigenvalue weighted by molar-refractivity contribution is 5.83. The van der Waals surface area contributed by atoms with Crippen LogP contribution in [-0.4, -0.2) is 9.91 Å². The summed E-state index contributed by atoms with van der Waals surface area (Å²) in [6.45, 7) is 3.68. The number of hydrogen-bond donors (Lipinski definition) is 1. The predicted molar refractivity (Wildman–Crippen MR) is 54.4 cm³/mol. The topological polar surface area (TPSA) is 58.9 Å². The molecule has 4 heteroatoms. The summed E-state index contributed by atoms with van der Waals surface area (Å²) in [7, 11) is 0. The molecule has 1 aromatic heterocycles. The average molecular weight is 190 g/mol. The second-order valence-corrected chi connectivity index (χ2v) is 3.44. The van der Waals surface area contributed by atoms with Crippen LogP contribution in [-0.2, 0) is 0 Å². The number of fused-ring (bicyclic) bond motifs is 1. The van der Waals surface area contributed by atoms with Gasteiger partial charge in [0.25, 0.3) is 5.69 Å². The Morgan fingerprint density at radius 2 is 2.00 bits per heavy atom. The van der Waals surface area contributed by atoms with Gasteiger partial charge < -0.3 is 4.98 Å². The highest BCUT2D eigenvalue weighted by Gasteiger charge is 2.12. The highest BCUT2D eigenvalue weighted by atomic mass is 16.6. The van der Waals surface area contributed by atoms with Crippen molar-refractivity contribution in [3.05, 3.63) is 39.6 Å². The summed E-state index contributed by atoms with van der Waals surface area (Å²) < 4.78 is 0. The largest absolute Gasteiger partial charge is 0.358 e. The van der Waals surface area contributed by atoms with Crippen molar-refractivity contribution in [2.24, 2.45) is 0 Å². The molecule has 2 rings (SSSR count). The van der Waals surface area contributed by atoms with Crippen LogP contribution in [0.4, 0.5) is 5.69 Å². The lowest BCUT2D eigenvalue weighted by atomic mass is 10.1. The fraction of sp³-hybridized carbons (Fsp3) is 0.200. The van der Waals surface area contributed by atoms with Gasteiger partial charge >= 0.3 is 0 Å². The van der Waals surface area contributed by atoms with E-state index in [1.165, 1.54) is 0 Å². The minimum atomic E-state index is -0.356. The second kappa shape index (κ2) is 2.83. The molecular weight excluding hydrogens is 180 g/mol. The average Bonchev–Trinajstić information content (AvgIpc) is 2.42. The first-order chi connectivity index (χ1) is 6.58. The molecule has 0 atom stereocenters. The maximum absolute atomic E-state index is 10.7. The quantitative estimate of drug-likeness (QED) is 0.555. The van der Waals surface area contributed by atoms with Crippen molar-refractivity contribution in [1.29, 1.82) is 0 Å². The summed E-state index contributed by atoms with van der Waals surface area (Å²) in [6.07, 6.45) is 0. The van der Waals surface area contributed by atoms with Gasteiger partial charge in [0, 0.05) is 22.7 Å². The zero-order valence-electron chi connectivity index (χ0n) is 8.00. The molecule has 2 aromatic rings. The van der Waals surface area contributed by atoms with Gasteiger partial charge in [0.2, 0.25) is 0 Å². The molecule has 72 valence electrons. The summed E-state index contributed by atoms with van der Waals surface area (Å²) in [4.78, 5) is 13.4. The minimum Gasteiger partial charge on any atom is -0.358 e. The molecule has 0 aliphatic carbocycles. The molecule has 1 aromatic carbocycles. The van der Waals surface area contributed by atoms with Crippen molar-refractivity contribution < 1.29 is 4.92 Å². The third-order valence-electron chi connectivity index (χ3n) is 2.27. The number of H-pyrrole nitrogens is 1. The molecule has 0 spiro atoms. The zero-order valence-corrected chi connectivity index (χ0v) is 8.00. The number of nitrogens with zero attached hydrogens (tertiary/aromatic N) is 1. The summed E-state index contributed by atoms with van der Waals surface area (Å²) in [5.41, 5.74) is 2.69. The van der Waals surface area contributed by atoms with Crippen LogP contribution < -0.4 is 0 Å². The lowest BCUT2D eigenvalue weighted by Crippen LogP contribution is -1.90. The van der Waals surface area contributed by atoms with Crippen LogP contribution in [0.5, 0.6) is 0 Å². The molecule has 0 saturated carbocycles. The number of nitrogens with one attached hydrogen (secondary N) is 1. The van der Waals surface area contributed by atoms with Gasteiger partial charge in [0.1, 0.15) is 0 Å². The van der Waals surface area contributed by atoms with Crippen molar-refractivity contribution in [2.75, 3.05) is 0 Å². The van der Waals surface area contributed by atoms with E-state index >= 15 is 0 Å². The minimum absolute atomic E-state index is 0.166. The number of aryl methyl sites for hydroxylation is 2. The van der Waals surface area contributed by atoms with E-state index in [9.17, 15) is 10.1 Å². The van der Waals surface area contributed by atoms with E-state index in [0.29, 0.717) is 5.56 Å². The molecule has 0 aliphatic rings. The van der Waals surface area contributed by atoms with Gasteiger partial charge in [-0.1, -0.05) is 0 Å². The standard InChI is InChI=1S/C10H10N2O2/c1-6-3-8-4-7(2)11-9(8)5-10(6)12(13)14/h3-5,11H,1-2H3. The van der Waals surface area contributed by atoms with E-state index in [2.05, 4.69) is 4.98 Å². The van der Waals surface area contributed by atoms with E-state index in [1.807, 2.05) is 19.1 Å². The molecule has 0 aliphatic heterocycles. The van der Waals surface area contributed by atoms with Crippen LogP contribution in [0.25, 0.3) is 10.9 Å². The molecule has 0 fully saturated rings. The van der Waals surface area contributed by atoms with Gasteiger partial charge in [-0.3, -0.25) is 10.1 Å². The number of aromatic amines is 1. The van der Waals surface area contributed by atoms with E-state index in [4.69, 9.17) is 0 Å². The number of rotatable bonds is 1. The molecule has 4 nitrogen and oxygen atoms in total. The van der Waals surface area contributed by atoms with Crippen molar-refractivity contribution in [1.82, 2.24) is 4.98 Å². The summed E-state index contributed by atoms with van der Waals surface area (Å²) >= 11 is 0. The summed E-state index contributed by atoms with van der Waals surface area (Å²) in [5, 5.41) is 11.7. The number of hydrogen-bond acceptors (Lipinski definition) is 2. The van der Waals surface area contributed by atoms with Crippen molar-refractivity contribution in [3.8, 4) is 0 Å². The van der Waals surface area contributed by atoms with Gasteiger partial charge in [-0.15, -0.1) is 0 Å². The lowest BCUT2D eigenvalue weighted by Gasteiger charge is -1.96. The van der Waals surface area contributed by atoms with E-state index in [-0.39, 0.29) is 10.6 Å². The molecule has 0 radical (unpaired) electrons. The monoisotopic (exact) mass is 190 g/mol. The smallest absolute Gasteiger partial charge is 0.274 e. The first-order valence-electron chi connectivity index (χ1n) is 4.32. The molecule has 0 amide bonds. The third-order valence-corrected chi connectivity index (χ3v) is 2.27. The Kier molecular flexibility index (Phi) is 1.77. The van der Waals surface area contributed by atoms with Crippen molar-refractivity contribution >= 4 is 16.6 Å². The van der Waals surface area contributed by atoms with Crippen molar-refractivity contribution in [3.63, 3.8) is 0 Å². The molecule has 0 bridgehead atoms. The van der Waals surface area contributed by atoms with E-state index in [0.717, 1.165) is 16.6 Å². The van der Waals surface area contributed by atoms with Crippen LogP contribution in [0.15, 0.2) is 18.2 Å². The molecule has 1 heterocycles.